The topological polar surface area (TPSA) is 15.3 Å². The summed E-state index contributed by atoms with van der Waals surface area (Å²) >= 11 is 0. The number of benzene rings is 1. The molecule has 0 amide bonds. The van der Waals surface area contributed by atoms with Crippen LogP contribution in [0.15, 0.2) is 24.3 Å². The maximum absolute atomic E-state index is 3.66. The van der Waals surface area contributed by atoms with Gasteiger partial charge in [-0.15, -0.1) is 0 Å². The molecule has 1 saturated heterocycles. The third kappa shape index (κ3) is 4.32. The Morgan fingerprint density at radius 1 is 1.20 bits per heavy atom. The zero-order valence-corrected chi connectivity index (χ0v) is 13.4. The van der Waals surface area contributed by atoms with Crippen molar-refractivity contribution in [3.8, 4) is 0 Å². The second kappa shape index (κ2) is 7.80. The number of hydrogen-bond donors (Lipinski definition) is 1. The van der Waals surface area contributed by atoms with Crippen LogP contribution in [0.4, 0.5) is 0 Å². The molecule has 1 heterocycles. The zero-order chi connectivity index (χ0) is 14.4. The van der Waals surface area contributed by atoms with Gasteiger partial charge in [-0.05, 0) is 45.3 Å². The average Bonchev–Trinajstić information content (AvgIpc) is 2.64. The number of nitrogens with zero attached hydrogens (tertiary/aromatic N) is 1. The molecule has 1 aromatic rings. The summed E-state index contributed by atoms with van der Waals surface area (Å²) in [5.41, 5.74) is 2.76. The van der Waals surface area contributed by atoms with E-state index in [0.29, 0.717) is 6.04 Å². The standard InChI is InChI=1S/C18H30N2/c1-4-19-18(17-11-9-15(2)10-12-17)14-20-13-7-5-6-8-16(20)3/h9-12,16,18-19H,4-8,13-14H2,1-3H3. The number of nitrogens with one attached hydrogen (secondary N) is 1. The highest BCUT2D eigenvalue weighted by Crippen LogP contribution is 2.21. The van der Waals surface area contributed by atoms with Gasteiger partial charge in [0.2, 0.25) is 0 Å². The van der Waals surface area contributed by atoms with Gasteiger partial charge in [0.05, 0.1) is 0 Å². The molecule has 2 rings (SSSR count). The quantitative estimate of drug-likeness (QED) is 0.875. The van der Waals surface area contributed by atoms with E-state index in [1.165, 1.54) is 43.4 Å². The smallest absolute Gasteiger partial charge is 0.0449 e. The first-order chi connectivity index (χ1) is 9.70. The molecular formula is C18H30N2. The molecule has 1 aliphatic rings. The molecule has 1 N–H and O–H groups in total. The van der Waals surface area contributed by atoms with E-state index in [1.807, 2.05) is 0 Å². The largest absolute Gasteiger partial charge is 0.309 e. The van der Waals surface area contributed by atoms with Gasteiger partial charge in [-0.2, -0.15) is 0 Å². The Morgan fingerprint density at radius 3 is 2.65 bits per heavy atom. The third-order valence-corrected chi connectivity index (χ3v) is 4.54. The van der Waals surface area contributed by atoms with Crippen LogP contribution in [0.5, 0.6) is 0 Å². The Morgan fingerprint density at radius 2 is 1.95 bits per heavy atom. The fraction of sp³-hybridized carbons (Fsp3) is 0.667. The van der Waals surface area contributed by atoms with Gasteiger partial charge in [0.15, 0.2) is 0 Å². The number of likely N-dealkylation sites (tertiary alicyclic amines) is 1. The maximum Gasteiger partial charge on any atom is 0.0449 e. The lowest BCUT2D eigenvalue weighted by Crippen LogP contribution is -2.40. The molecule has 20 heavy (non-hydrogen) atoms. The Labute approximate surface area is 124 Å². The first-order valence-electron chi connectivity index (χ1n) is 8.24. The van der Waals surface area contributed by atoms with Crippen molar-refractivity contribution in [3.63, 3.8) is 0 Å². The number of hydrogen-bond acceptors (Lipinski definition) is 2. The maximum atomic E-state index is 3.66. The van der Waals surface area contributed by atoms with Gasteiger partial charge in [0, 0.05) is 18.6 Å². The Balaban J connectivity index is 2.05. The van der Waals surface area contributed by atoms with E-state index in [9.17, 15) is 0 Å². The van der Waals surface area contributed by atoms with Crippen LogP contribution < -0.4 is 5.32 Å². The molecule has 0 bridgehead atoms. The van der Waals surface area contributed by atoms with Crippen molar-refractivity contribution < 1.29 is 0 Å². The molecule has 0 radical (unpaired) electrons. The third-order valence-electron chi connectivity index (χ3n) is 4.54. The number of aryl methyl sites for hydroxylation is 1. The van der Waals surface area contributed by atoms with E-state index in [2.05, 4.69) is 55.3 Å². The Bertz CT molecular complexity index is 385. The van der Waals surface area contributed by atoms with Crippen LogP contribution in [0, 0.1) is 6.92 Å². The Kier molecular flexibility index (Phi) is 6.06. The van der Waals surface area contributed by atoms with Crippen LogP contribution in [0.25, 0.3) is 0 Å². The molecule has 112 valence electrons. The van der Waals surface area contributed by atoms with Crippen LogP contribution in [0.3, 0.4) is 0 Å². The highest BCUT2D eigenvalue weighted by atomic mass is 15.2. The van der Waals surface area contributed by atoms with Gasteiger partial charge in [-0.3, -0.25) is 4.90 Å². The predicted octanol–water partition coefficient (Wildman–Crippen LogP) is 3.91. The Hall–Kier alpha value is -0.860. The molecule has 1 fully saturated rings. The highest BCUT2D eigenvalue weighted by molar-refractivity contribution is 5.24. The first-order valence-corrected chi connectivity index (χ1v) is 8.24. The minimum absolute atomic E-state index is 0.459. The minimum Gasteiger partial charge on any atom is -0.309 e. The van der Waals surface area contributed by atoms with Gasteiger partial charge < -0.3 is 5.32 Å². The van der Waals surface area contributed by atoms with Gasteiger partial charge in [-0.1, -0.05) is 49.6 Å². The summed E-state index contributed by atoms with van der Waals surface area (Å²) in [5.74, 6) is 0. The van der Waals surface area contributed by atoms with E-state index in [-0.39, 0.29) is 0 Å². The summed E-state index contributed by atoms with van der Waals surface area (Å²) < 4.78 is 0. The van der Waals surface area contributed by atoms with Crippen LogP contribution in [0.1, 0.15) is 56.7 Å². The van der Waals surface area contributed by atoms with Crippen molar-refractivity contribution in [2.45, 2.75) is 58.5 Å². The van der Waals surface area contributed by atoms with E-state index < -0.39 is 0 Å². The molecular weight excluding hydrogens is 244 g/mol. The summed E-state index contributed by atoms with van der Waals surface area (Å²) in [5, 5.41) is 3.66. The molecule has 0 aliphatic carbocycles. The fourth-order valence-corrected chi connectivity index (χ4v) is 3.17. The first kappa shape index (κ1) is 15.5. The van der Waals surface area contributed by atoms with Gasteiger partial charge >= 0.3 is 0 Å². The van der Waals surface area contributed by atoms with Crippen molar-refractivity contribution in [1.82, 2.24) is 10.2 Å². The number of rotatable bonds is 5. The lowest BCUT2D eigenvalue weighted by atomic mass is 10.0. The van der Waals surface area contributed by atoms with Gasteiger partial charge in [-0.25, -0.2) is 0 Å². The monoisotopic (exact) mass is 274 g/mol. The molecule has 1 aliphatic heterocycles. The highest BCUT2D eigenvalue weighted by Gasteiger charge is 2.21. The SMILES string of the molecule is CCNC(CN1CCCCCC1C)c1ccc(C)cc1. The normalized spacial score (nSPS) is 22.4. The van der Waals surface area contributed by atoms with E-state index >= 15 is 0 Å². The molecule has 2 atom stereocenters. The van der Waals surface area contributed by atoms with Crippen LogP contribution in [-0.2, 0) is 0 Å². The summed E-state index contributed by atoms with van der Waals surface area (Å²) in [6.07, 6.45) is 5.51. The van der Waals surface area contributed by atoms with Crippen molar-refractivity contribution >= 4 is 0 Å². The number of likely N-dealkylation sites (N-methyl/N-ethyl adjacent to an activating group) is 1. The van der Waals surface area contributed by atoms with E-state index in [0.717, 1.165) is 19.1 Å². The van der Waals surface area contributed by atoms with Crippen molar-refractivity contribution in [1.29, 1.82) is 0 Å². The molecule has 0 saturated carbocycles. The molecule has 0 spiro atoms. The molecule has 0 aromatic heterocycles. The molecule has 2 heteroatoms. The second-order valence-electron chi connectivity index (χ2n) is 6.21. The van der Waals surface area contributed by atoms with E-state index in [4.69, 9.17) is 0 Å². The predicted molar refractivity (Wildman–Crippen MR) is 87.1 cm³/mol. The van der Waals surface area contributed by atoms with Gasteiger partial charge in [0.25, 0.3) is 0 Å². The average molecular weight is 274 g/mol. The van der Waals surface area contributed by atoms with Crippen LogP contribution in [0.2, 0.25) is 0 Å². The van der Waals surface area contributed by atoms with Crippen LogP contribution >= 0.6 is 0 Å². The van der Waals surface area contributed by atoms with E-state index in [1.54, 1.807) is 0 Å². The lowest BCUT2D eigenvalue weighted by molar-refractivity contribution is 0.191. The van der Waals surface area contributed by atoms with Gasteiger partial charge in [0.1, 0.15) is 0 Å². The lowest BCUT2D eigenvalue weighted by Gasteiger charge is -2.31. The van der Waals surface area contributed by atoms with Crippen molar-refractivity contribution in [3.05, 3.63) is 35.4 Å². The molecule has 2 nitrogen and oxygen atoms in total. The fourth-order valence-electron chi connectivity index (χ4n) is 3.17. The summed E-state index contributed by atoms with van der Waals surface area (Å²) in [4.78, 5) is 2.68. The van der Waals surface area contributed by atoms with Crippen molar-refractivity contribution in [2.75, 3.05) is 19.6 Å². The van der Waals surface area contributed by atoms with Crippen molar-refractivity contribution in [2.24, 2.45) is 0 Å². The molecule has 2 unspecified atom stereocenters. The summed E-state index contributed by atoms with van der Waals surface area (Å²) in [6, 6.07) is 10.2. The molecule has 1 aromatic carbocycles. The second-order valence-corrected chi connectivity index (χ2v) is 6.21. The minimum atomic E-state index is 0.459. The zero-order valence-electron chi connectivity index (χ0n) is 13.4. The summed E-state index contributed by atoms with van der Waals surface area (Å²) in [6.45, 7) is 10.2. The van der Waals surface area contributed by atoms with Crippen LogP contribution in [-0.4, -0.2) is 30.6 Å². The summed E-state index contributed by atoms with van der Waals surface area (Å²) in [7, 11) is 0.